The normalized spacial score (nSPS) is 22.3. The lowest BCUT2D eigenvalue weighted by molar-refractivity contribution is -0.128. The summed E-state index contributed by atoms with van der Waals surface area (Å²) in [6, 6.07) is 0.748. The number of rotatable bonds is 7. The van der Waals surface area contributed by atoms with Gasteiger partial charge in [-0.3, -0.25) is 4.79 Å². The summed E-state index contributed by atoms with van der Waals surface area (Å²) in [6.07, 6.45) is 0.268. The topological polar surface area (TPSA) is 96.8 Å². The number of likely N-dealkylation sites (tertiary alicyclic amines) is 1. The van der Waals surface area contributed by atoms with Crippen LogP contribution in [0.2, 0.25) is 5.02 Å². The second-order valence-corrected chi connectivity index (χ2v) is 9.29. The van der Waals surface area contributed by atoms with Gasteiger partial charge < -0.3 is 25.7 Å². The molecule has 4 rings (SSSR count). The van der Waals surface area contributed by atoms with E-state index in [1.54, 1.807) is 4.90 Å². The molecule has 1 aromatic carbocycles. The van der Waals surface area contributed by atoms with E-state index in [0.29, 0.717) is 48.6 Å². The molecule has 2 aliphatic heterocycles. The minimum absolute atomic E-state index is 0.0844. The number of alkyl halides is 2. The number of hydrazine groups is 1. The van der Waals surface area contributed by atoms with Crippen molar-refractivity contribution in [1.29, 1.82) is 0 Å². The predicted octanol–water partition coefficient (Wildman–Crippen LogP) is 2.30. The first-order chi connectivity index (χ1) is 15.1. The number of amides is 1. The van der Waals surface area contributed by atoms with E-state index in [-0.39, 0.29) is 27.8 Å². The van der Waals surface area contributed by atoms with Crippen LogP contribution in [0, 0.1) is 11.2 Å². The van der Waals surface area contributed by atoms with Gasteiger partial charge in [0, 0.05) is 37.1 Å². The Kier molecular flexibility index (Phi) is 6.21. The number of nitrogens with one attached hydrogen (secondary N) is 1. The van der Waals surface area contributed by atoms with Gasteiger partial charge in [-0.1, -0.05) is 11.6 Å². The van der Waals surface area contributed by atoms with Crippen LogP contribution in [-0.4, -0.2) is 55.5 Å². The van der Waals surface area contributed by atoms with Crippen molar-refractivity contribution < 1.29 is 22.7 Å². The second-order valence-electron chi connectivity index (χ2n) is 8.88. The Balaban J connectivity index is 1.62. The number of hydrogen-bond donors (Lipinski definition) is 3. The predicted molar refractivity (Wildman–Crippen MR) is 113 cm³/mol. The number of allylic oxidation sites excluding steroid dienone is 1. The fraction of sp³-hybridized carbons (Fsp3) is 0.571. The number of halogens is 4. The zero-order chi connectivity index (χ0) is 23.2. The lowest BCUT2D eigenvalue weighted by Crippen LogP contribution is -2.40. The molecule has 1 saturated heterocycles. The number of carbonyl (C=O) groups is 1. The Morgan fingerprint density at radius 2 is 2.19 bits per heavy atom. The van der Waals surface area contributed by atoms with Crippen molar-refractivity contribution in [2.75, 3.05) is 33.3 Å². The maximum absolute atomic E-state index is 14.9. The van der Waals surface area contributed by atoms with E-state index < -0.39 is 30.6 Å². The molecule has 1 aromatic rings. The van der Waals surface area contributed by atoms with E-state index in [9.17, 15) is 18.0 Å². The van der Waals surface area contributed by atoms with Gasteiger partial charge >= 0.3 is 0 Å². The molecular weight excluding hydrogens is 447 g/mol. The molecule has 0 aromatic heterocycles. The van der Waals surface area contributed by atoms with Gasteiger partial charge in [0.15, 0.2) is 11.6 Å². The standard InChI is InChI=1S/C21H27ClF3N5O2/c1-29(27)18(20(24)25)14(26)9-32-19-13(23)6-12(22)11-2-5-28-15(17(11)19)8-30-10-21(3-4-21)7-16(30)31/h6,15,20,28H,2-5,7-10,26-27H2,1H3/b18-14-. The van der Waals surface area contributed by atoms with Crippen molar-refractivity contribution in [3.8, 4) is 5.75 Å². The number of hydrogen-bond acceptors (Lipinski definition) is 6. The van der Waals surface area contributed by atoms with Crippen LogP contribution >= 0.6 is 11.6 Å². The van der Waals surface area contributed by atoms with Gasteiger partial charge in [0.2, 0.25) is 5.91 Å². The van der Waals surface area contributed by atoms with E-state index in [0.717, 1.165) is 18.9 Å². The lowest BCUT2D eigenvalue weighted by atomic mass is 9.92. The Bertz CT molecular complexity index is 942. The van der Waals surface area contributed by atoms with Crippen molar-refractivity contribution in [2.24, 2.45) is 17.0 Å². The average Bonchev–Trinajstić information content (AvgIpc) is 3.38. The van der Waals surface area contributed by atoms with Crippen molar-refractivity contribution in [3.05, 3.63) is 39.4 Å². The maximum Gasteiger partial charge on any atom is 0.281 e. The molecule has 5 N–H and O–H groups in total. The van der Waals surface area contributed by atoms with Crippen molar-refractivity contribution in [2.45, 2.75) is 38.2 Å². The fourth-order valence-corrected chi connectivity index (χ4v) is 4.97. The number of nitrogens with zero attached hydrogens (tertiary/aromatic N) is 2. The fourth-order valence-electron chi connectivity index (χ4n) is 4.68. The van der Waals surface area contributed by atoms with E-state index in [1.807, 2.05) is 0 Å². The van der Waals surface area contributed by atoms with Crippen LogP contribution in [-0.2, 0) is 11.2 Å². The highest BCUT2D eigenvalue weighted by atomic mass is 35.5. The van der Waals surface area contributed by atoms with Crippen LogP contribution in [0.5, 0.6) is 5.75 Å². The zero-order valence-corrected chi connectivity index (χ0v) is 18.5. The zero-order valence-electron chi connectivity index (χ0n) is 17.8. The van der Waals surface area contributed by atoms with E-state index in [2.05, 4.69) is 5.32 Å². The summed E-state index contributed by atoms with van der Waals surface area (Å²) in [5.41, 5.74) is 6.19. The molecule has 32 heavy (non-hydrogen) atoms. The van der Waals surface area contributed by atoms with Crippen LogP contribution < -0.4 is 21.6 Å². The van der Waals surface area contributed by atoms with Crippen LogP contribution in [0.1, 0.15) is 36.4 Å². The molecule has 3 aliphatic rings. The highest BCUT2D eigenvalue weighted by Gasteiger charge is 2.52. The third kappa shape index (κ3) is 4.35. The molecule has 2 heterocycles. The summed E-state index contributed by atoms with van der Waals surface area (Å²) in [4.78, 5) is 14.3. The van der Waals surface area contributed by atoms with Crippen LogP contribution in [0.4, 0.5) is 13.2 Å². The Morgan fingerprint density at radius 3 is 2.78 bits per heavy atom. The molecule has 1 saturated carbocycles. The second kappa shape index (κ2) is 8.64. The molecule has 1 amide bonds. The van der Waals surface area contributed by atoms with E-state index in [1.165, 1.54) is 7.05 Å². The third-order valence-electron chi connectivity index (χ3n) is 6.50. The van der Waals surface area contributed by atoms with E-state index >= 15 is 0 Å². The number of ether oxygens (including phenoxy) is 1. The Morgan fingerprint density at radius 1 is 1.47 bits per heavy atom. The SMILES string of the molecule is CN(N)/C(=C(\N)COc1c(F)cc(Cl)c2c1C(CN1CC3(CC3)CC1=O)NCC2)C(F)F. The summed E-state index contributed by atoms with van der Waals surface area (Å²) >= 11 is 6.32. The summed E-state index contributed by atoms with van der Waals surface area (Å²) < 4.78 is 47.1. The average molecular weight is 474 g/mol. The number of carbonyl (C=O) groups excluding carboxylic acids is 1. The molecule has 7 nitrogen and oxygen atoms in total. The molecular formula is C21H27ClF3N5O2. The maximum atomic E-state index is 14.9. The van der Waals surface area contributed by atoms with Gasteiger partial charge in [-0.05, 0) is 42.9 Å². The van der Waals surface area contributed by atoms with Crippen molar-refractivity contribution >= 4 is 17.5 Å². The molecule has 11 heteroatoms. The lowest BCUT2D eigenvalue weighted by Gasteiger charge is -2.33. The van der Waals surface area contributed by atoms with Gasteiger partial charge in [0.05, 0.1) is 11.7 Å². The Hall–Kier alpha value is -2.17. The molecule has 1 spiro atoms. The van der Waals surface area contributed by atoms with Gasteiger partial charge in [-0.15, -0.1) is 0 Å². The highest BCUT2D eigenvalue weighted by molar-refractivity contribution is 6.31. The smallest absolute Gasteiger partial charge is 0.281 e. The van der Waals surface area contributed by atoms with Gasteiger partial charge in [0.1, 0.15) is 12.3 Å². The first kappa shape index (κ1) is 23.0. The summed E-state index contributed by atoms with van der Waals surface area (Å²) in [7, 11) is 1.23. The summed E-state index contributed by atoms with van der Waals surface area (Å²) in [6.45, 7) is 1.16. The van der Waals surface area contributed by atoms with Crippen molar-refractivity contribution in [3.63, 3.8) is 0 Å². The number of fused-ring (bicyclic) bond motifs is 1. The molecule has 1 aliphatic carbocycles. The highest BCUT2D eigenvalue weighted by Crippen LogP contribution is 2.53. The molecule has 176 valence electrons. The van der Waals surface area contributed by atoms with Gasteiger partial charge in [-0.25, -0.2) is 19.0 Å². The molecule has 1 atom stereocenters. The van der Waals surface area contributed by atoms with Crippen molar-refractivity contribution in [1.82, 2.24) is 15.2 Å². The van der Waals surface area contributed by atoms with Crippen LogP contribution in [0.3, 0.4) is 0 Å². The largest absolute Gasteiger partial charge is 0.484 e. The minimum atomic E-state index is -2.91. The molecule has 1 unspecified atom stereocenters. The van der Waals surface area contributed by atoms with E-state index in [4.69, 9.17) is 27.9 Å². The third-order valence-corrected chi connectivity index (χ3v) is 6.83. The first-order valence-corrected chi connectivity index (χ1v) is 10.9. The monoisotopic (exact) mass is 473 g/mol. The number of nitrogens with two attached hydrogens (primary N) is 2. The molecule has 2 fully saturated rings. The first-order valence-electron chi connectivity index (χ1n) is 10.5. The minimum Gasteiger partial charge on any atom is -0.484 e. The number of benzene rings is 1. The van der Waals surface area contributed by atoms with Crippen LogP contribution in [0.25, 0.3) is 0 Å². The van der Waals surface area contributed by atoms with Gasteiger partial charge in [0.25, 0.3) is 6.43 Å². The summed E-state index contributed by atoms with van der Waals surface area (Å²) in [5.74, 6) is 4.70. The molecule has 0 bridgehead atoms. The van der Waals surface area contributed by atoms with Gasteiger partial charge in [-0.2, -0.15) is 0 Å². The summed E-state index contributed by atoms with van der Waals surface area (Å²) in [5, 5.41) is 4.30. The Labute approximate surface area is 189 Å². The quantitative estimate of drug-likeness (QED) is 0.415. The van der Waals surface area contributed by atoms with Crippen LogP contribution in [0.15, 0.2) is 17.5 Å². The molecule has 0 radical (unpaired) electrons.